The van der Waals surface area contributed by atoms with Crippen molar-refractivity contribution in [2.45, 2.75) is 12.8 Å². The van der Waals surface area contributed by atoms with Crippen molar-refractivity contribution >= 4 is 30.8 Å². The molecule has 0 aliphatic rings. The van der Waals surface area contributed by atoms with Crippen molar-refractivity contribution in [1.29, 1.82) is 0 Å². The lowest BCUT2D eigenvalue weighted by molar-refractivity contribution is 0.331. The van der Waals surface area contributed by atoms with Gasteiger partial charge in [-0.05, 0) is 33.5 Å². The first kappa shape index (κ1) is 14.8. The van der Waals surface area contributed by atoms with E-state index in [0.717, 1.165) is 19.4 Å². The molecule has 0 aliphatic carbocycles. The topological polar surface area (TPSA) is 50.8 Å². The monoisotopic (exact) mass is 336 g/mol. The number of halogens is 1. The molecule has 1 unspecified atom stereocenters. The zero-order valence-electron chi connectivity index (χ0n) is 8.83. The van der Waals surface area contributed by atoms with E-state index >= 15 is 0 Å². The standard InChI is InChI=1S/C7H18IN2O3P/c1-10(2)7-5-4-6-9-14(11,12-3)13-8/h4-7H2,1-3H3,(H,9,11). The van der Waals surface area contributed by atoms with Crippen molar-refractivity contribution in [3.8, 4) is 0 Å². The summed E-state index contributed by atoms with van der Waals surface area (Å²) in [6.45, 7) is 1.67. The summed E-state index contributed by atoms with van der Waals surface area (Å²) in [4.78, 5) is 2.12. The molecule has 1 N–H and O–H groups in total. The van der Waals surface area contributed by atoms with Crippen LogP contribution in [0.15, 0.2) is 0 Å². The van der Waals surface area contributed by atoms with E-state index in [0.29, 0.717) is 6.54 Å². The van der Waals surface area contributed by atoms with Crippen molar-refractivity contribution in [1.82, 2.24) is 9.99 Å². The first-order valence-corrected chi connectivity index (χ1v) is 6.82. The normalized spacial score (nSPS) is 15.8. The van der Waals surface area contributed by atoms with Gasteiger partial charge in [0, 0.05) is 13.7 Å². The molecule has 0 heterocycles. The highest BCUT2D eigenvalue weighted by atomic mass is 127. The van der Waals surface area contributed by atoms with Crippen molar-refractivity contribution in [2.24, 2.45) is 0 Å². The van der Waals surface area contributed by atoms with E-state index in [1.807, 2.05) is 14.1 Å². The molecule has 0 aromatic rings. The van der Waals surface area contributed by atoms with Crippen LogP contribution in [0.4, 0.5) is 0 Å². The maximum absolute atomic E-state index is 11.5. The van der Waals surface area contributed by atoms with Gasteiger partial charge in [0.05, 0.1) is 0 Å². The summed E-state index contributed by atoms with van der Waals surface area (Å²) in [5.41, 5.74) is 0. The Morgan fingerprint density at radius 1 is 1.43 bits per heavy atom. The Bertz CT molecular complexity index is 184. The minimum atomic E-state index is -3.02. The Morgan fingerprint density at radius 2 is 2.07 bits per heavy atom. The number of hydrogen-bond acceptors (Lipinski definition) is 4. The Labute approximate surface area is 99.8 Å². The van der Waals surface area contributed by atoms with Crippen LogP contribution in [0.3, 0.4) is 0 Å². The Hall–Kier alpha value is 0.800. The summed E-state index contributed by atoms with van der Waals surface area (Å²) in [6.07, 6.45) is 2.01. The molecule has 0 radical (unpaired) electrons. The van der Waals surface area contributed by atoms with Gasteiger partial charge in [0.15, 0.2) is 0 Å². The van der Waals surface area contributed by atoms with Gasteiger partial charge in [0.2, 0.25) is 0 Å². The molecule has 0 saturated carbocycles. The average molecular weight is 336 g/mol. The minimum Gasteiger partial charge on any atom is -0.309 e. The van der Waals surface area contributed by atoms with E-state index in [1.165, 1.54) is 7.11 Å². The Morgan fingerprint density at radius 3 is 2.50 bits per heavy atom. The molecule has 86 valence electrons. The zero-order valence-corrected chi connectivity index (χ0v) is 11.9. The highest BCUT2D eigenvalue weighted by Gasteiger charge is 2.20. The van der Waals surface area contributed by atoms with Crippen molar-refractivity contribution in [2.75, 3.05) is 34.3 Å². The van der Waals surface area contributed by atoms with Gasteiger partial charge in [0.1, 0.15) is 23.0 Å². The predicted octanol–water partition coefficient (Wildman–Crippen LogP) is 2.04. The van der Waals surface area contributed by atoms with Crippen molar-refractivity contribution < 1.29 is 11.9 Å². The second-order valence-electron chi connectivity index (χ2n) is 3.17. The Balaban J connectivity index is 3.48. The van der Waals surface area contributed by atoms with Crippen LogP contribution in [0.2, 0.25) is 0 Å². The third kappa shape index (κ3) is 7.14. The van der Waals surface area contributed by atoms with Gasteiger partial charge in [-0.25, -0.2) is 12.5 Å². The van der Waals surface area contributed by atoms with Crippen LogP contribution in [0, 0.1) is 0 Å². The van der Waals surface area contributed by atoms with Crippen LogP contribution >= 0.6 is 30.8 Å². The largest absolute Gasteiger partial charge is 0.414 e. The van der Waals surface area contributed by atoms with E-state index in [1.54, 1.807) is 23.0 Å². The highest BCUT2D eigenvalue weighted by molar-refractivity contribution is 14.1. The van der Waals surface area contributed by atoms with Crippen molar-refractivity contribution in [3.63, 3.8) is 0 Å². The first-order chi connectivity index (χ1) is 6.54. The van der Waals surface area contributed by atoms with Crippen LogP contribution in [-0.4, -0.2) is 39.2 Å². The molecule has 0 aliphatic heterocycles. The molecule has 0 saturated heterocycles. The van der Waals surface area contributed by atoms with Crippen LogP contribution in [0.1, 0.15) is 12.8 Å². The number of rotatable bonds is 8. The highest BCUT2D eigenvalue weighted by Crippen LogP contribution is 2.44. The smallest absolute Gasteiger partial charge is 0.309 e. The van der Waals surface area contributed by atoms with E-state index in [9.17, 15) is 4.57 Å². The lowest BCUT2D eigenvalue weighted by Crippen LogP contribution is -2.17. The molecule has 0 spiro atoms. The second kappa shape index (κ2) is 8.01. The first-order valence-electron chi connectivity index (χ1n) is 4.40. The van der Waals surface area contributed by atoms with Gasteiger partial charge < -0.3 is 4.90 Å². The zero-order chi connectivity index (χ0) is 11.0. The van der Waals surface area contributed by atoms with E-state index in [2.05, 4.69) is 9.99 Å². The Kier molecular flexibility index (Phi) is 8.47. The third-order valence-electron chi connectivity index (χ3n) is 1.67. The minimum absolute atomic E-state index is 0.641. The number of nitrogens with one attached hydrogen (secondary N) is 1. The number of hydrogen-bond donors (Lipinski definition) is 1. The SMILES string of the molecule is COP(=O)(NCCCCN(C)C)OI. The summed E-state index contributed by atoms with van der Waals surface area (Å²) in [7, 11) is 2.40. The van der Waals surface area contributed by atoms with Gasteiger partial charge >= 0.3 is 7.75 Å². The fourth-order valence-electron chi connectivity index (χ4n) is 0.886. The summed E-state index contributed by atoms with van der Waals surface area (Å²) < 4.78 is 20.9. The second-order valence-corrected chi connectivity index (χ2v) is 6.16. The molecule has 0 aromatic carbocycles. The molecule has 5 nitrogen and oxygen atoms in total. The number of unbranched alkanes of at least 4 members (excludes halogenated alkanes) is 1. The molecule has 0 fully saturated rings. The van der Waals surface area contributed by atoms with Crippen LogP contribution in [0.25, 0.3) is 0 Å². The number of nitrogens with zero attached hydrogens (tertiary/aromatic N) is 1. The molecule has 0 amide bonds. The summed E-state index contributed by atoms with van der Waals surface area (Å²) in [6, 6.07) is 0. The lowest BCUT2D eigenvalue weighted by atomic mass is 10.3. The van der Waals surface area contributed by atoms with Gasteiger partial charge in [-0.3, -0.25) is 4.52 Å². The fraction of sp³-hybridized carbons (Fsp3) is 1.00. The molecule has 0 aromatic heterocycles. The maximum Gasteiger partial charge on any atom is 0.414 e. The van der Waals surface area contributed by atoms with Crippen LogP contribution in [-0.2, 0) is 11.9 Å². The van der Waals surface area contributed by atoms with Crippen LogP contribution in [0.5, 0.6) is 0 Å². The maximum atomic E-state index is 11.5. The molecule has 0 bridgehead atoms. The molecular formula is C7H18IN2O3P. The summed E-state index contributed by atoms with van der Waals surface area (Å²) >= 11 is 1.58. The van der Waals surface area contributed by atoms with Gasteiger partial charge in [-0.2, -0.15) is 0 Å². The predicted molar refractivity (Wildman–Crippen MR) is 65.5 cm³/mol. The van der Waals surface area contributed by atoms with Gasteiger partial charge in [-0.15, -0.1) is 0 Å². The lowest BCUT2D eigenvalue weighted by Gasteiger charge is -2.13. The van der Waals surface area contributed by atoms with E-state index in [-0.39, 0.29) is 0 Å². The summed E-state index contributed by atoms with van der Waals surface area (Å²) in [5.74, 6) is 0. The molecule has 1 atom stereocenters. The molecule has 7 heteroatoms. The van der Waals surface area contributed by atoms with E-state index in [4.69, 9.17) is 7.38 Å². The van der Waals surface area contributed by atoms with Crippen molar-refractivity contribution in [3.05, 3.63) is 0 Å². The van der Waals surface area contributed by atoms with E-state index < -0.39 is 7.75 Å². The third-order valence-corrected chi connectivity index (χ3v) is 4.50. The average Bonchev–Trinajstić information content (AvgIpc) is 2.16. The van der Waals surface area contributed by atoms with Gasteiger partial charge in [-0.1, -0.05) is 0 Å². The fourth-order valence-corrected chi connectivity index (χ4v) is 2.45. The summed E-state index contributed by atoms with van der Waals surface area (Å²) in [5, 5.41) is 2.75. The molecule has 0 rings (SSSR count). The quantitative estimate of drug-likeness (QED) is 0.418. The van der Waals surface area contributed by atoms with Crippen LogP contribution < -0.4 is 5.09 Å². The van der Waals surface area contributed by atoms with Gasteiger partial charge in [0.25, 0.3) is 0 Å². The molecular weight excluding hydrogens is 318 g/mol. The molecule has 14 heavy (non-hydrogen) atoms.